The molecular formula is C9H17NO5S2. The van der Waals surface area contributed by atoms with E-state index in [4.69, 9.17) is 5.11 Å². The lowest BCUT2D eigenvalue weighted by Crippen LogP contribution is -2.41. The number of carboxylic acid groups (broad SMARTS) is 1. The van der Waals surface area contributed by atoms with Crippen LogP contribution in [0.4, 0.5) is 0 Å². The van der Waals surface area contributed by atoms with Gasteiger partial charge in [-0.2, -0.15) is 11.8 Å². The molecule has 0 aliphatic rings. The average Bonchev–Trinajstić information content (AvgIpc) is 2.19. The number of nitrogens with one attached hydrogen (secondary N) is 1. The second-order valence-electron chi connectivity index (χ2n) is 3.62. The van der Waals surface area contributed by atoms with E-state index in [1.54, 1.807) is 0 Å². The van der Waals surface area contributed by atoms with E-state index in [1.807, 2.05) is 6.26 Å². The molecule has 1 unspecified atom stereocenters. The number of carbonyl (C=O) groups is 2. The van der Waals surface area contributed by atoms with Crippen LogP contribution in [0.25, 0.3) is 0 Å². The molecule has 100 valence electrons. The van der Waals surface area contributed by atoms with Crippen molar-refractivity contribution < 1.29 is 23.1 Å². The second-order valence-corrected chi connectivity index (χ2v) is 6.87. The summed E-state index contributed by atoms with van der Waals surface area (Å²) in [6.07, 6.45) is 2.98. The summed E-state index contributed by atoms with van der Waals surface area (Å²) in [5.74, 6) is -1.31. The van der Waals surface area contributed by atoms with Gasteiger partial charge in [-0.25, -0.2) is 13.2 Å². The Labute approximate surface area is 105 Å². The molecule has 0 aliphatic heterocycles. The lowest BCUT2D eigenvalue weighted by Gasteiger charge is -2.13. The summed E-state index contributed by atoms with van der Waals surface area (Å²) in [4.78, 5) is 22.1. The quantitative estimate of drug-likeness (QED) is 0.637. The number of hydrogen-bond donors (Lipinski definition) is 2. The van der Waals surface area contributed by atoms with Gasteiger partial charge in [0, 0.05) is 12.7 Å². The van der Waals surface area contributed by atoms with Crippen molar-refractivity contribution in [1.82, 2.24) is 5.32 Å². The predicted molar refractivity (Wildman–Crippen MR) is 66.9 cm³/mol. The van der Waals surface area contributed by atoms with Crippen LogP contribution in [0.5, 0.6) is 0 Å². The zero-order chi connectivity index (χ0) is 13.5. The molecule has 17 heavy (non-hydrogen) atoms. The van der Waals surface area contributed by atoms with Crippen molar-refractivity contribution in [2.75, 3.05) is 24.0 Å². The Bertz CT molecular complexity index is 366. The van der Waals surface area contributed by atoms with Gasteiger partial charge in [0.25, 0.3) is 0 Å². The fourth-order valence-corrected chi connectivity index (χ4v) is 2.07. The third-order valence-electron chi connectivity index (χ3n) is 1.94. The Balaban J connectivity index is 4.17. The highest BCUT2D eigenvalue weighted by atomic mass is 32.2. The van der Waals surface area contributed by atoms with Gasteiger partial charge in [-0.1, -0.05) is 0 Å². The van der Waals surface area contributed by atoms with Crippen LogP contribution < -0.4 is 5.32 Å². The second kappa shape index (κ2) is 7.54. The average molecular weight is 283 g/mol. The molecule has 0 heterocycles. The first kappa shape index (κ1) is 16.2. The minimum absolute atomic E-state index is 0.206. The molecule has 0 aromatic heterocycles. The van der Waals surface area contributed by atoms with E-state index in [9.17, 15) is 18.0 Å². The standard InChI is InChI=1S/C9H17NO5S2/c1-16-5-3-7(9(12)13)10-8(11)4-6-17(2,14)15/h7H,3-6H2,1-2H3,(H,10,11)(H,12,13). The molecule has 0 aromatic rings. The van der Waals surface area contributed by atoms with Crippen LogP contribution in [0.15, 0.2) is 0 Å². The molecule has 2 N–H and O–H groups in total. The summed E-state index contributed by atoms with van der Waals surface area (Å²) in [6, 6.07) is -0.950. The van der Waals surface area contributed by atoms with Crippen molar-refractivity contribution in [2.24, 2.45) is 0 Å². The number of carbonyl (C=O) groups excluding carboxylic acids is 1. The summed E-state index contributed by atoms with van der Waals surface area (Å²) < 4.78 is 21.7. The summed E-state index contributed by atoms with van der Waals surface area (Å²) in [5.41, 5.74) is 0. The minimum atomic E-state index is -3.20. The topological polar surface area (TPSA) is 101 Å². The van der Waals surface area contributed by atoms with Crippen LogP contribution in [0.1, 0.15) is 12.8 Å². The highest BCUT2D eigenvalue weighted by Gasteiger charge is 2.19. The SMILES string of the molecule is CSCCC(NC(=O)CCS(C)(=O)=O)C(=O)O. The molecule has 0 radical (unpaired) electrons. The number of hydrogen-bond acceptors (Lipinski definition) is 5. The molecule has 0 aliphatic carbocycles. The number of thioether (sulfide) groups is 1. The summed E-state index contributed by atoms with van der Waals surface area (Å²) >= 11 is 1.48. The minimum Gasteiger partial charge on any atom is -0.480 e. The van der Waals surface area contributed by atoms with Crippen molar-refractivity contribution in [1.29, 1.82) is 0 Å². The number of rotatable bonds is 8. The Morgan fingerprint density at radius 3 is 2.41 bits per heavy atom. The van der Waals surface area contributed by atoms with E-state index in [-0.39, 0.29) is 12.2 Å². The maximum atomic E-state index is 11.3. The van der Waals surface area contributed by atoms with Crippen LogP contribution in [-0.4, -0.2) is 55.5 Å². The van der Waals surface area contributed by atoms with Crippen LogP contribution >= 0.6 is 11.8 Å². The first-order chi connectivity index (χ1) is 7.76. The zero-order valence-electron chi connectivity index (χ0n) is 9.80. The van der Waals surface area contributed by atoms with E-state index < -0.39 is 27.8 Å². The summed E-state index contributed by atoms with van der Waals surface area (Å²) in [6.45, 7) is 0. The van der Waals surface area contributed by atoms with Gasteiger partial charge in [0.2, 0.25) is 5.91 Å². The van der Waals surface area contributed by atoms with Gasteiger partial charge in [0.05, 0.1) is 5.75 Å². The van der Waals surface area contributed by atoms with Gasteiger partial charge in [-0.05, 0) is 18.4 Å². The van der Waals surface area contributed by atoms with E-state index in [1.165, 1.54) is 11.8 Å². The van der Waals surface area contributed by atoms with Gasteiger partial charge < -0.3 is 10.4 Å². The van der Waals surface area contributed by atoms with Crippen LogP contribution in [0.3, 0.4) is 0 Å². The Hall–Kier alpha value is -0.760. The normalized spacial score (nSPS) is 13.1. The largest absolute Gasteiger partial charge is 0.480 e. The molecule has 6 nitrogen and oxygen atoms in total. The van der Waals surface area contributed by atoms with Crippen molar-refractivity contribution in [3.05, 3.63) is 0 Å². The van der Waals surface area contributed by atoms with Crippen molar-refractivity contribution >= 4 is 33.5 Å². The van der Waals surface area contributed by atoms with E-state index in [0.717, 1.165) is 6.26 Å². The third kappa shape index (κ3) is 8.99. The molecule has 1 amide bonds. The van der Waals surface area contributed by atoms with Crippen molar-refractivity contribution in [3.63, 3.8) is 0 Å². The van der Waals surface area contributed by atoms with E-state index in [0.29, 0.717) is 12.2 Å². The monoisotopic (exact) mass is 283 g/mol. The molecule has 0 spiro atoms. The molecule has 0 saturated heterocycles. The summed E-state index contributed by atoms with van der Waals surface area (Å²) in [7, 11) is -3.20. The number of carboxylic acids is 1. The fourth-order valence-electron chi connectivity index (χ4n) is 1.04. The third-order valence-corrected chi connectivity index (χ3v) is 3.53. The molecule has 8 heteroatoms. The van der Waals surface area contributed by atoms with Gasteiger partial charge >= 0.3 is 5.97 Å². The molecule has 0 aromatic carbocycles. The Morgan fingerprint density at radius 2 is 2.00 bits per heavy atom. The van der Waals surface area contributed by atoms with Crippen molar-refractivity contribution in [3.8, 4) is 0 Å². The van der Waals surface area contributed by atoms with Gasteiger partial charge in [-0.3, -0.25) is 4.79 Å². The fraction of sp³-hybridized carbons (Fsp3) is 0.778. The zero-order valence-corrected chi connectivity index (χ0v) is 11.4. The maximum absolute atomic E-state index is 11.3. The van der Waals surface area contributed by atoms with Gasteiger partial charge in [0.1, 0.15) is 15.9 Å². The van der Waals surface area contributed by atoms with Gasteiger partial charge in [-0.15, -0.1) is 0 Å². The van der Waals surface area contributed by atoms with E-state index in [2.05, 4.69) is 5.32 Å². The van der Waals surface area contributed by atoms with Crippen LogP contribution in [0.2, 0.25) is 0 Å². The molecule has 0 bridgehead atoms. The van der Waals surface area contributed by atoms with E-state index >= 15 is 0 Å². The molecule has 1 atom stereocenters. The predicted octanol–water partition coefficient (Wildman–Crippen LogP) is -0.256. The number of sulfone groups is 1. The molecule has 0 saturated carbocycles. The molecular weight excluding hydrogens is 266 g/mol. The van der Waals surface area contributed by atoms with Crippen LogP contribution in [-0.2, 0) is 19.4 Å². The smallest absolute Gasteiger partial charge is 0.326 e. The first-order valence-electron chi connectivity index (χ1n) is 4.95. The Morgan fingerprint density at radius 1 is 1.41 bits per heavy atom. The number of amides is 1. The lowest BCUT2D eigenvalue weighted by atomic mass is 10.2. The lowest BCUT2D eigenvalue weighted by molar-refractivity contribution is -0.141. The highest BCUT2D eigenvalue weighted by Crippen LogP contribution is 2.01. The van der Waals surface area contributed by atoms with Crippen molar-refractivity contribution in [2.45, 2.75) is 18.9 Å². The molecule has 0 fully saturated rings. The van der Waals surface area contributed by atoms with Gasteiger partial charge in [0.15, 0.2) is 0 Å². The first-order valence-corrected chi connectivity index (χ1v) is 8.40. The molecule has 0 rings (SSSR count). The highest BCUT2D eigenvalue weighted by molar-refractivity contribution is 7.98. The van der Waals surface area contributed by atoms with Crippen LogP contribution in [0, 0.1) is 0 Å². The number of aliphatic carboxylic acids is 1. The summed E-state index contributed by atoms with van der Waals surface area (Å²) in [5, 5.41) is 11.1. The maximum Gasteiger partial charge on any atom is 0.326 e. The Kier molecular flexibility index (Phi) is 7.21.